The van der Waals surface area contributed by atoms with E-state index in [9.17, 15) is 13.7 Å². The van der Waals surface area contributed by atoms with Crippen molar-refractivity contribution < 1.29 is 22.6 Å². The Kier molecular flexibility index (Phi) is 7.71. The van der Waals surface area contributed by atoms with Gasteiger partial charge in [-0.15, -0.1) is 10.2 Å². The minimum Gasteiger partial charge on any atom is -0.479 e. The first-order valence-corrected chi connectivity index (χ1v) is 13.0. The number of nitriles is 1. The Morgan fingerprint density at radius 1 is 1.11 bits per heavy atom. The first kappa shape index (κ1) is 26.5. The fraction of sp³-hybridized carbons (Fsp3) is 0.476. The Balaban J connectivity index is 1.76. The summed E-state index contributed by atoms with van der Waals surface area (Å²) in [4.78, 5) is 16.4. The van der Waals surface area contributed by atoms with Crippen LogP contribution in [0.1, 0.15) is 43.4 Å². The second-order valence-electron chi connectivity index (χ2n) is 8.22. The third-order valence-corrected chi connectivity index (χ3v) is 7.93. The van der Waals surface area contributed by atoms with Gasteiger partial charge in [-0.25, -0.2) is 18.4 Å². The highest BCUT2D eigenvalue weighted by Gasteiger charge is 2.39. The molecule has 0 aromatic carbocycles. The maximum Gasteiger partial charge on any atom is 0.245 e. The molecule has 0 radical (unpaired) electrons. The molecular weight excluding hydrogens is 526 g/mol. The number of sulfonamides is 1. The van der Waals surface area contributed by atoms with Gasteiger partial charge < -0.3 is 14.2 Å². The predicted octanol–water partition coefficient (Wildman–Crippen LogP) is 2.05. The molecule has 0 saturated heterocycles. The van der Waals surface area contributed by atoms with Crippen molar-refractivity contribution in [1.82, 2.24) is 34.7 Å². The van der Waals surface area contributed by atoms with E-state index in [4.69, 9.17) is 25.8 Å². The highest BCUT2D eigenvalue weighted by molar-refractivity contribution is 7.93. The van der Waals surface area contributed by atoms with Gasteiger partial charge in [-0.05, 0) is 19.8 Å². The van der Waals surface area contributed by atoms with Gasteiger partial charge in [0.15, 0.2) is 11.5 Å². The molecule has 1 N–H and O–H groups in total. The van der Waals surface area contributed by atoms with Crippen LogP contribution < -0.4 is 14.2 Å². The van der Waals surface area contributed by atoms with Crippen LogP contribution in [-0.2, 0) is 14.8 Å². The Morgan fingerprint density at radius 2 is 1.73 bits per heavy atom. The molecule has 0 aliphatic heterocycles. The van der Waals surface area contributed by atoms with Crippen molar-refractivity contribution in [3.8, 4) is 23.5 Å². The van der Waals surface area contributed by atoms with E-state index in [2.05, 4.69) is 40.9 Å². The van der Waals surface area contributed by atoms with Gasteiger partial charge in [-0.3, -0.25) is 9.29 Å². The van der Waals surface area contributed by atoms with E-state index < -0.39 is 21.4 Å². The molecule has 16 heteroatoms. The van der Waals surface area contributed by atoms with Crippen molar-refractivity contribution in [3.05, 3.63) is 35.4 Å². The van der Waals surface area contributed by atoms with Crippen LogP contribution in [0.15, 0.2) is 18.7 Å². The molecule has 14 nitrogen and oxygen atoms in total. The first-order valence-electron chi connectivity index (χ1n) is 11.0. The van der Waals surface area contributed by atoms with Crippen molar-refractivity contribution in [2.45, 2.75) is 37.0 Å². The summed E-state index contributed by atoms with van der Waals surface area (Å²) >= 11 is 5.86. The van der Waals surface area contributed by atoms with Crippen LogP contribution in [0, 0.1) is 17.2 Å². The van der Waals surface area contributed by atoms with E-state index in [0.717, 1.165) is 0 Å². The normalized spacial score (nSPS) is 18.8. The van der Waals surface area contributed by atoms with Gasteiger partial charge in [0.1, 0.15) is 23.5 Å². The summed E-state index contributed by atoms with van der Waals surface area (Å²) in [5.41, 5.74) is 0.211. The molecule has 4 rings (SSSR count). The van der Waals surface area contributed by atoms with Crippen LogP contribution >= 0.6 is 11.6 Å². The molecule has 1 fully saturated rings. The number of hydrogen-bond donors (Lipinski definition) is 1. The molecule has 2 atom stereocenters. The summed E-state index contributed by atoms with van der Waals surface area (Å²) in [6, 6.07) is 2.23. The second-order valence-corrected chi connectivity index (χ2v) is 10.7. The number of rotatable bonds is 10. The molecule has 0 unspecified atom stereocenters. The zero-order chi connectivity index (χ0) is 26.7. The monoisotopic (exact) mass is 549 g/mol. The quantitative estimate of drug-likeness (QED) is 0.389. The van der Waals surface area contributed by atoms with E-state index >= 15 is 0 Å². The molecule has 3 heterocycles. The minimum absolute atomic E-state index is 0.113. The molecule has 37 heavy (non-hydrogen) atoms. The molecule has 3 aromatic rings. The molecule has 1 aliphatic rings. The molecule has 196 valence electrons. The summed E-state index contributed by atoms with van der Waals surface area (Å²) in [6.45, 7) is 1.45. The zero-order valence-electron chi connectivity index (χ0n) is 20.4. The van der Waals surface area contributed by atoms with Crippen LogP contribution in [0.5, 0.6) is 11.8 Å². The van der Waals surface area contributed by atoms with Crippen molar-refractivity contribution in [3.63, 3.8) is 0 Å². The van der Waals surface area contributed by atoms with Crippen molar-refractivity contribution >= 4 is 27.6 Å². The van der Waals surface area contributed by atoms with E-state index in [-0.39, 0.29) is 41.1 Å². The topological polar surface area (TPSA) is 180 Å². The summed E-state index contributed by atoms with van der Waals surface area (Å²) < 4.78 is 47.2. The molecular formula is C21H24ClN9O5S. The van der Waals surface area contributed by atoms with Crippen LogP contribution in [0.25, 0.3) is 5.69 Å². The Bertz CT molecular complexity index is 1380. The molecule has 0 bridgehead atoms. The van der Waals surface area contributed by atoms with Crippen molar-refractivity contribution in [1.29, 1.82) is 5.26 Å². The average Bonchev–Trinajstić information content (AvgIpc) is 3.25. The number of aromatic nitrogens is 7. The Labute approximate surface area is 218 Å². The van der Waals surface area contributed by atoms with Gasteiger partial charge in [0, 0.05) is 31.3 Å². The summed E-state index contributed by atoms with van der Waals surface area (Å²) in [7, 11) is 0.0171. The fourth-order valence-electron chi connectivity index (χ4n) is 3.98. The fourth-order valence-corrected chi connectivity index (χ4v) is 5.21. The van der Waals surface area contributed by atoms with Gasteiger partial charge in [-0.2, -0.15) is 15.2 Å². The summed E-state index contributed by atoms with van der Waals surface area (Å²) in [6.07, 6.45) is 4.02. The van der Waals surface area contributed by atoms with Crippen LogP contribution in [0.4, 0.5) is 5.95 Å². The molecule has 0 amide bonds. The van der Waals surface area contributed by atoms with Gasteiger partial charge in [0.05, 0.1) is 25.3 Å². The SMILES string of the molecule is COc1ncnc(OC)c1-n1c(NS(=O)(=O)[C@@H](C)[C@H](OC)c2ncc(Cl)cn2)nnc1[C@H]1C[C@@H](C#N)C1. The number of nitrogens with one attached hydrogen (secondary N) is 1. The third kappa shape index (κ3) is 5.13. The number of nitrogens with zero attached hydrogens (tertiary/aromatic N) is 8. The highest BCUT2D eigenvalue weighted by Crippen LogP contribution is 2.43. The lowest BCUT2D eigenvalue weighted by Crippen LogP contribution is -2.33. The smallest absolute Gasteiger partial charge is 0.245 e. The molecule has 1 aliphatic carbocycles. The lowest BCUT2D eigenvalue weighted by atomic mass is 9.75. The van der Waals surface area contributed by atoms with Crippen LogP contribution in [0.2, 0.25) is 5.02 Å². The van der Waals surface area contributed by atoms with E-state index in [1.165, 1.54) is 51.5 Å². The molecule has 1 saturated carbocycles. The molecule has 3 aromatic heterocycles. The maximum absolute atomic E-state index is 13.5. The highest BCUT2D eigenvalue weighted by atomic mass is 35.5. The largest absolute Gasteiger partial charge is 0.479 e. The van der Waals surface area contributed by atoms with Gasteiger partial charge in [-0.1, -0.05) is 11.6 Å². The Morgan fingerprint density at radius 3 is 2.27 bits per heavy atom. The lowest BCUT2D eigenvalue weighted by molar-refractivity contribution is 0.0950. The number of halogens is 1. The minimum atomic E-state index is -4.16. The lowest BCUT2D eigenvalue weighted by Gasteiger charge is -2.30. The standard InChI is InChI=1S/C21H24ClN9O5S/c1-11(16(34-2)17-24-8-14(22)9-25-17)37(32,33)30-21-29-28-18(13-5-12(6-13)7-23)31(21)15-19(35-3)26-10-27-20(15)36-4/h8-13,16H,5-6H2,1-4H3,(H,29,30)/t11-,12-,13+,16-/m0/s1. The van der Waals surface area contributed by atoms with Gasteiger partial charge in [0.25, 0.3) is 0 Å². The number of ether oxygens (including phenoxy) is 3. The number of anilines is 1. The van der Waals surface area contributed by atoms with Gasteiger partial charge in [0.2, 0.25) is 27.7 Å². The predicted molar refractivity (Wildman–Crippen MR) is 130 cm³/mol. The zero-order valence-corrected chi connectivity index (χ0v) is 21.9. The second kappa shape index (κ2) is 10.8. The van der Waals surface area contributed by atoms with E-state index in [1.807, 2.05) is 0 Å². The summed E-state index contributed by atoms with van der Waals surface area (Å²) in [5, 5.41) is 16.7. The molecule has 0 spiro atoms. The average molecular weight is 550 g/mol. The van der Waals surface area contributed by atoms with Crippen LogP contribution in [0.3, 0.4) is 0 Å². The van der Waals surface area contributed by atoms with E-state index in [0.29, 0.717) is 23.7 Å². The first-order chi connectivity index (χ1) is 17.7. The van der Waals surface area contributed by atoms with Crippen LogP contribution in [-0.4, -0.2) is 69.7 Å². The van der Waals surface area contributed by atoms with Gasteiger partial charge >= 0.3 is 0 Å². The van der Waals surface area contributed by atoms with Crippen molar-refractivity contribution in [2.75, 3.05) is 26.1 Å². The van der Waals surface area contributed by atoms with E-state index in [1.54, 1.807) is 0 Å². The summed E-state index contributed by atoms with van der Waals surface area (Å²) in [5.74, 6) is 0.352. The number of methoxy groups -OCH3 is 3. The Hall–Kier alpha value is -3.61. The van der Waals surface area contributed by atoms with Crippen molar-refractivity contribution in [2.24, 2.45) is 5.92 Å². The maximum atomic E-state index is 13.5. The number of hydrogen-bond acceptors (Lipinski definition) is 12. The third-order valence-electron chi connectivity index (χ3n) is 6.04.